The number of fused-ring (bicyclic) bond motifs is 1. The molecule has 0 aliphatic carbocycles. The van der Waals surface area contributed by atoms with E-state index in [1.54, 1.807) is 29.6 Å². The van der Waals surface area contributed by atoms with Crippen LogP contribution in [0.5, 0.6) is 0 Å². The van der Waals surface area contributed by atoms with E-state index < -0.39 is 22.9 Å². The summed E-state index contributed by atoms with van der Waals surface area (Å²) in [6, 6.07) is 10.8. The van der Waals surface area contributed by atoms with Crippen molar-refractivity contribution in [1.82, 2.24) is 9.97 Å². The molecule has 0 spiro atoms. The predicted molar refractivity (Wildman–Crippen MR) is 112 cm³/mol. The molecule has 0 saturated carbocycles. The molecule has 0 saturated heterocycles. The minimum atomic E-state index is -1.10. The van der Waals surface area contributed by atoms with Crippen LogP contribution in [0.4, 0.5) is 10.8 Å². The summed E-state index contributed by atoms with van der Waals surface area (Å²) < 4.78 is 10.4. The lowest BCUT2D eigenvalue weighted by molar-refractivity contribution is -0.384. The number of nitrogens with zero attached hydrogens (tertiary/aromatic N) is 3. The molecule has 0 radical (unpaired) electrons. The first-order valence-corrected chi connectivity index (χ1v) is 9.85. The van der Waals surface area contributed by atoms with E-state index in [1.165, 1.54) is 31.5 Å². The van der Waals surface area contributed by atoms with E-state index in [0.717, 1.165) is 11.3 Å². The number of nitro benzene ring substituents is 1. The summed E-state index contributed by atoms with van der Waals surface area (Å²) in [6.07, 6.45) is 0.124. The van der Waals surface area contributed by atoms with Crippen LogP contribution in [-0.2, 0) is 9.53 Å². The zero-order valence-electron chi connectivity index (χ0n) is 16.0. The van der Waals surface area contributed by atoms with Crippen molar-refractivity contribution < 1.29 is 23.7 Å². The van der Waals surface area contributed by atoms with Crippen LogP contribution in [0.2, 0.25) is 0 Å². The Morgan fingerprint density at radius 2 is 2.06 bits per heavy atom. The Labute approximate surface area is 178 Å². The summed E-state index contributed by atoms with van der Waals surface area (Å²) in [6.45, 7) is 1.44. The van der Waals surface area contributed by atoms with Crippen molar-refractivity contribution in [3.8, 4) is 11.3 Å². The third-order valence-corrected chi connectivity index (χ3v) is 5.08. The molecule has 11 heteroatoms. The fourth-order valence-corrected chi connectivity index (χ4v) is 3.50. The number of para-hydroxylation sites is 1. The second-order valence-electron chi connectivity index (χ2n) is 6.39. The van der Waals surface area contributed by atoms with Crippen molar-refractivity contribution >= 4 is 45.1 Å². The van der Waals surface area contributed by atoms with Gasteiger partial charge in [-0.05, 0) is 19.1 Å². The number of anilines is 1. The molecule has 31 heavy (non-hydrogen) atoms. The molecule has 2 aromatic carbocycles. The number of non-ortho nitro benzene ring substituents is 1. The zero-order chi connectivity index (χ0) is 22.0. The van der Waals surface area contributed by atoms with Gasteiger partial charge in [-0.25, -0.2) is 14.8 Å². The van der Waals surface area contributed by atoms with Crippen LogP contribution in [0.15, 0.2) is 58.7 Å². The Hall–Kier alpha value is -4.12. The molecule has 2 heterocycles. The molecule has 1 amide bonds. The van der Waals surface area contributed by atoms with Crippen molar-refractivity contribution in [2.24, 2.45) is 0 Å². The molecule has 0 fully saturated rings. The number of benzene rings is 2. The maximum Gasteiger partial charge on any atom is 0.341 e. The fraction of sp³-hybridized carbons (Fsp3) is 0.100. The van der Waals surface area contributed by atoms with E-state index in [-0.39, 0.29) is 16.4 Å². The fourth-order valence-electron chi connectivity index (χ4n) is 2.78. The van der Waals surface area contributed by atoms with Crippen LogP contribution in [0, 0.1) is 10.1 Å². The average Bonchev–Trinajstić information content (AvgIpc) is 3.43. The maximum absolute atomic E-state index is 12.4. The van der Waals surface area contributed by atoms with Gasteiger partial charge in [-0.2, -0.15) is 0 Å². The number of amides is 1. The summed E-state index contributed by atoms with van der Waals surface area (Å²) in [5.74, 6) is -1.28. The topological polar surface area (TPSA) is 137 Å². The third kappa shape index (κ3) is 4.26. The molecule has 1 unspecified atom stereocenters. The van der Waals surface area contributed by atoms with Gasteiger partial charge in [-0.3, -0.25) is 20.2 Å². The van der Waals surface area contributed by atoms with Crippen molar-refractivity contribution in [1.29, 1.82) is 0 Å². The molecule has 156 valence electrons. The molecular weight excluding hydrogens is 424 g/mol. The van der Waals surface area contributed by atoms with Gasteiger partial charge >= 0.3 is 5.97 Å². The highest BCUT2D eigenvalue weighted by molar-refractivity contribution is 7.14. The molecule has 4 rings (SSSR count). The van der Waals surface area contributed by atoms with Crippen molar-refractivity contribution in [2.45, 2.75) is 13.0 Å². The Balaban J connectivity index is 1.43. The van der Waals surface area contributed by atoms with Crippen LogP contribution in [-0.4, -0.2) is 32.9 Å². The van der Waals surface area contributed by atoms with Gasteiger partial charge in [0.05, 0.1) is 16.2 Å². The minimum Gasteiger partial charge on any atom is -0.449 e. The summed E-state index contributed by atoms with van der Waals surface area (Å²) >= 11 is 1.15. The van der Waals surface area contributed by atoms with E-state index in [9.17, 15) is 19.7 Å². The smallest absolute Gasteiger partial charge is 0.341 e. The second-order valence-corrected chi connectivity index (χ2v) is 7.24. The van der Waals surface area contributed by atoms with E-state index >= 15 is 0 Å². The van der Waals surface area contributed by atoms with Crippen LogP contribution < -0.4 is 5.32 Å². The van der Waals surface area contributed by atoms with E-state index in [1.807, 2.05) is 0 Å². The lowest BCUT2D eigenvalue weighted by Crippen LogP contribution is -2.30. The van der Waals surface area contributed by atoms with Gasteiger partial charge in [-0.1, -0.05) is 18.2 Å². The molecule has 2 aromatic heterocycles. The Bertz CT molecular complexity index is 1300. The van der Waals surface area contributed by atoms with E-state index in [2.05, 4.69) is 15.3 Å². The van der Waals surface area contributed by atoms with Crippen molar-refractivity contribution in [2.75, 3.05) is 5.32 Å². The number of hydrogen-bond donors (Lipinski definition) is 1. The van der Waals surface area contributed by atoms with Gasteiger partial charge in [0, 0.05) is 23.1 Å². The number of hydrogen-bond acceptors (Lipinski definition) is 9. The quantitative estimate of drug-likeness (QED) is 0.270. The highest BCUT2D eigenvalue weighted by Gasteiger charge is 2.22. The number of aromatic nitrogens is 2. The van der Waals surface area contributed by atoms with Gasteiger partial charge in [0.1, 0.15) is 5.52 Å². The summed E-state index contributed by atoms with van der Waals surface area (Å²) in [5, 5.41) is 15.5. The first kappa shape index (κ1) is 20.2. The number of nitro groups is 1. The number of rotatable bonds is 6. The number of carbonyl (C=O) groups is 2. The summed E-state index contributed by atoms with van der Waals surface area (Å²) in [7, 11) is 0. The van der Waals surface area contributed by atoms with E-state index in [4.69, 9.17) is 9.15 Å². The largest absolute Gasteiger partial charge is 0.449 e. The van der Waals surface area contributed by atoms with Crippen LogP contribution in [0.25, 0.3) is 22.4 Å². The molecule has 1 atom stereocenters. The average molecular weight is 438 g/mol. The van der Waals surface area contributed by atoms with Crippen LogP contribution in [0.3, 0.4) is 0 Å². The lowest BCUT2D eigenvalue weighted by Gasteiger charge is -2.12. The number of esters is 1. The highest BCUT2D eigenvalue weighted by Crippen LogP contribution is 2.27. The lowest BCUT2D eigenvalue weighted by atomic mass is 10.1. The van der Waals surface area contributed by atoms with Crippen molar-refractivity contribution in [3.05, 3.63) is 69.9 Å². The molecular formula is C20H14N4O6S. The first-order valence-electron chi connectivity index (χ1n) is 8.97. The van der Waals surface area contributed by atoms with Gasteiger partial charge in [0.2, 0.25) is 0 Å². The van der Waals surface area contributed by atoms with Gasteiger partial charge < -0.3 is 9.15 Å². The molecule has 0 bridgehead atoms. The third-order valence-electron chi connectivity index (χ3n) is 4.32. The molecule has 0 aliphatic rings. The zero-order valence-corrected chi connectivity index (χ0v) is 16.8. The molecule has 0 aliphatic heterocycles. The first-order chi connectivity index (χ1) is 14.9. The highest BCUT2D eigenvalue weighted by atomic mass is 32.1. The SMILES string of the molecule is CC(OC(=O)c1cccc2ocnc12)C(=O)Nc1nc(-c2cccc([N+](=O)[O-])c2)cs1. The standard InChI is InChI=1S/C20H14N4O6S/c1-11(30-19(26)14-6-3-7-16-17(14)21-10-29-16)18(25)23-20-22-15(9-31-20)12-4-2-5-13(8-12)24(27)28/h2-11H,1H3,(H,22,23,25). The Morgan fingerprint density at radius 1 is 1.26 bits per heavy atom. The minimum absolute atomic E-state index is 0.0567. The normalized spacial score (nSPS) is 11.8. The Kier molecular flexibility index (Phi) is 5.41. The summed E-state index contributed by atoms with van der Waals surface area (Å²) in [4.78, 5) is 43.6. The van der Waals surface area contributed by atoms with Crippen molar-refractivity contribution in [3.63, 3.8) is 0 Å². The number of nitrogens with one attached hydrogen (secondary N) is 1. The van der Waals surface area contributed by atoms with Gasteiger partial charge in [-0.15, -0.1) is 11.3 Å². The number of thiazole rings is 1. The second kappa shape index (κ2) is 8.32. The van der Waals surface area contributed by atoms with Gasteiger partial charge in [0.25, 0.3) is 11.6 Å². The molecule has 1 N–H and O–H groups in total. The predicted octanol–water partition coefficient (Wildman–Crippen LogP) is 4.04. The van der Waals surface area contributed by atoms with Crippen LogP contribution >= 0.6 is 11.3 Å². The number of oxazole rings is 1. The number of ether oxygens (including phenoxy) is 1. The summed E-state index contributed by atoms with van der Waals surface area (Å²) in [5.41, 5.74) is 1.94. The maximum atomic E-state index is 12.4. The van der Waals surface area contributed by atoms with E-state index in [0.29, 0.717) is 22.4 Å². The van der Waals surface area contributed by atoms with Gasteiger partial charge in [0.15, 0.2) is 23.2 Å². The molecule has 4 aromatic rings. The Morgan fingerprint density at radius 3 is 2.87 bits per heavy atom. The molecule has 10 nitrogen and oxygen atoms in total. The number of carbonyl (C=O) groups excluding carboxylic acids is 2. The monoisotopic (exact) mass is 438 g/mol. The van der Waals surface area contributed by atoms with Crippen LogP contribution in [0.1, 0.15) is 17.3 Å².